The lowest BCUT2D eigenvalue weighted by atomic mass is 10.1. The molecule has 0 aromatic carbocycles. The maximum absolute atomic E-state index is 5.75. The first-order valence-corrected chi connectivity index (χ1v) is 8.47. The zero-order chi connectivity index (χ0) is 16.4. The van der Waals surface area contributed by atoms with Gasteiger partial charge in [0.05, 0.1) is 25.9 Å². The van der Waals surface area contributed by atoms with Crippen molar-refractivity contribution in [3.8, 4) is 0 Å². The summed E-state index contributed by atoms with van der Waals surface area (Å²) in [4.78, 5) is 13.6. The molecule has 24 heavy (non-hydrogen) atoms. The fourth-order valence-corrected chi connectivity index (χ4v) is 3.23. The van der Waals surface area contributed by atoms with Crippen LogP contribution < -0.4 is 9.80 Å². The molecule has 4 rings (SSSR count). The Kier molecular flexibility index (Phi) is 4.44. The number of fused-ring (bicyclic) bond motifs is 1. The third-order valence-corrected chi connectivity index (χ3v) is 4.46. The Hall–Kier alpha value is -2.00. The molecule has 9 nitrogen and oxygen atoms in total. The topological polar surface area (TPSA) is 89.6 Å². The van der Waals surface area contributed by atoms with Crippen molar-refractivity contribution in [3.63, 3.8) is 0 Å². The van der Waals surface area contributed by atoms with Crippen LogP contribution in [0.5, 0.6) is 0 Å². The normalized spacial score (nSPS) is 22.0. The number of aromatic nitrogens is 4. The predicted molar refractivity (Wildman–Crippen MR) is 87.3 cm³/mol. The molecule has 0 bridgehead atoms. The van der Waals surface area contributed by atoms with Crippen LogP contribution in [0.25, 0.3) is 11.3 Å². The van der Waals surface area contributed by atoms with Crippen LogP contribution in [0.1, 0.15) is 19.3 Å². The molecule has 0 radical (unpaired) electrons. The smallest absolute Gasteiger partial charge is 0.245 e. The van der Waals surface area contributed by atoms with E-state index in [9.17, 15) is 0 Å². The summed E-state index contributed by atoms with van der Waals surface area (Å²) in [7, 11) is 1.99. The zero-order valence-corrected chi connectivity index (χ0v) is 13.8. The van der Waals surface area contributed by atoms with Crippen LogP contribution >= 0.6 is 0 Å². The monoisotopic (exact) mass is 334 g/mol. The highest BCUT2D eigenvalue weighted by atomic mass is 16.6. The quantitative estimate of drug-likeness (QED) is 0.807. The minimum Gasteiger partial charge on any atom is -0.376 e. The highest BCUT2D eigenvalue weighted by Gasteiger charge is 2.24. The lowest BCUT2D eigenvalue weighted by Crippen LogP contribution is -2.40. The van der Waals surface area contributed by atoms with Gasteiger partial charge in [0.2, 0.25) is 11.3 Å². The number of ether oxygens (including phenoxy) is 2. The molecule has 2 aliphatic heterocycles. The van der Waals surface area contributed by atoms with Crippen molar-refractivity contribution in [1.82, 2.24) is 20.3 Å². The molecule has 2 aromatic rings. The molecule has 1 atom stereocenters. The van der Waals surface area contributed by atoms with Gasteiger partial charge in [0.25, 0.3) is 0 Å². The molecule has 2 aliphatic rings. The van der Waals surface area contributed by atoms with Crippen molar-refractivity contribution in [2.24, 2.45) is 0 Å². The maximum atomic E-state index is 5.75. The van der Waals surface area contributed by atoms with Gasteiger partial charge < -0.3 is 19.3 Å². The Morgan fingerprint density at radius 2 is 1.88 bits per heavy atom. The lowest BCUT2D eigenvalue weighted by Gasteiger charge is -2.32. The van der Waals surface area contributed by atoms with Gasteiger partial charge in [-0.3, -0.25) is 0 Å². The average Bonchev–Trinajstić information content (AvgIpc) is 3.10. The summed E-state index contributed by atoms with van der Waals surface area (Å²) < 4.78 is 16.0. The molecule has 0 amide bonds. The van der Waals surface area contributed by atoms with E-state index < -0.39 is 0 Å². The van der Waals surface area contributed by atoms with Crippen molar-refractivity contribution < 1.29 is 14.1 Å². The van der Waals surface area contributed by atoms with E-state index in [1.807, 2.05) is 7.05 Å². The molecule has 0 unspecified atom stereocenters. The van der Waals surface area contributed by atoms with Crippen molar-refractivity contribution >= 4 is 22.9 Å². The van der Waals surface area contributed by atoms with Gasteiger partial charge in [-0.15, -0.1) is 0 Å². The number of rotatable bonds is 4. The van der Waals surface area contributed by atoms with Gasteiger partial charge in [-0.25, -0.2) is 14.6 Å². The van der Waals surface area contributed by atoms with E-state index in [4.69, 9.17) is 14.1 Å². The third-order valence-electron chi connectivity index (χ3n) is 4.46. The Bertz CT molecular complexity index is 681. The van der Waals surface area contributed by atoms with Crippen LogP contribution in [-0.2, 0) is 9.47 Å². The van der Waals surface area contributed by atoms with Crippen molar-refractivity contribution in [2.75, 3.05) is 56.3 Å². The first-order valence-electron chi connectivity index (χ1n) is 8.47. The summed E-state index contributed by atoms with van der Waals surface area (Å²) in [5.74, 6) is 1.63. The van der Waals surface area contributed by atoms with Crippen LogP contribution in [0.3, 0.4) is 0 Å². The van der Waals surface area contributed by atoms with E-state index >= 15 is 0 Å². The largest absolute Gasteiger partial charge is 0.376 e. The summed E-state index contributed by atoms with van der Waals surface area (Å²) in [5, 5.41) is 7.67. The number of piperidine rings is 1. The summed E-state index contributed by atoms with van der Waals surface area (Å²) in [6.07, 6.45) is 3.63. The van der Waals surface area contributed by atoms with Gasteiger partial charge >= 0.3 is 0 Å². The van der Waals surface area contributed by atoms with E-state index in [0.717, 1.165) is 24.7 Å². The minimum absolute atomic E-state index is 0.0332. The number of likely N-dealkylation sites (N-methyl/N-ethyl adjacent to an activating group) is 1. The fourth-order valence-electron chi connectivity index (χ4n) is 3.23. The third kappa shape index (κ3) is 3.13. The molecule has 2 fully saturated rings. The summed E-state index contributed by atoms with van der Waals surface area (Å²) in [5.41, 5.74) is 0.878. The number of hydrogen-bond acceptors (Lipinski definition) is 9. The van der Waals surface area contributed by atoms with Gasteiger partial charge in [0.15, 0.2) is 11.6 Å². The number of nitrogens with zero attached hydrogens (tertiary/aromatic N) is 6. The van der Waals surface area contributed by atoms with Gasteiger partial charge in [-0.1, -0.05) is 0 Å². The fraction of sp³-hybridized carbons (Fsp3) is 0.733. The van der Waals surface area contributed by atoms with Crippen LogP contribution in [0.2, 0.25) is 0 Å². The second kappa shape index (κ2) is 6.86. The Morgan fingerprint density at radius 3 is 2.62 bits per heavy atom. The molecule has 0 N–H and O–H groups in total. The molecular weight excluding hydrogens is 312 g/mol. The summed E-state index contributed by atoms with van der Waals surface area (Å²) in [6.45, 7) is 4.55. The molecule has 0 spiro atoms. The van der Waals surface area contributed by atoms with Crippen molar-refractivity contribution in [3.05, 3.63) is 0 Å². The minimum atomic E-state index is 0.0332. The molecule has 4 heterocycles. The Morgan fingerprint density at radius 1 is 1.08 bits per heavy atom. The molecular formula is C15H22N6O3. The van der Waals surface area contributed by atoms with Gasteiger partial charge in [-0.05, 0) is 29.6 Å². The number of hydrogen-bond donors (Lipinski definition) is 0. The SMILES string of the molecule is CN(C[C@H]1COCCO1)c1nc2nonc2nc1N1CCCCC1. The zero-order valence-electron chi connectivity index (χ0n) is 13.8. The molecule has 2 saturated heterocycles. The molecule has 2 aromatic heterocycles. The second-order valence-electron chi connectivity index (χ2n) is 6.28. The second-order valence-corrected chi connectivity index (χ2v) is 6.28. The van der Waals surface area contributed by atoms with Crippen molar-refractivity contribution in [1.29, 1.82) is 0 Å². The van der Waals surface area contributed by atoms with Crippen LogP contribution in [0.4, 0.5) is 11.6 Å². The van der Waals surface area contributed by atoms with E-state index in [1.165, 1.54) is 19.3 Å². The molecule has 0 aliphatic carbocycles. The van der Waals surface area contributed by atoms with Crippen LogP contribution in [0.15, 0.2) is 4.63 Å². The molecule has 130 valence electrons. The Balaban J connectivity index is 1.63. The van der Waals surface area contributed by atoms with Crippen LogP contribution in [-0.4, -0.2) is 72.9 Å². The molecule has 0 saturated carbocycles. The maximum Gasteiger partial charge on any atom is 0.245 e. The summed E-state index contributed by atoms with van der Waals surface area (Å²) >= 11 is 0. The first-order chi connectivity index (χ1) is 11.8. The average molecular weight is 334 g/mol. The van der Waals surface area contributed by atoms with Gasteiger partial charge in [0, 0.05) is 26.7 Å². The van der Waals surface area contributed by atoms with Crippen LogP contribution in [0, 0.1) is 0 Å². The van der Waals surface area contributed by atoms with E-state index in [2.05, 4.69) is 30.1 Å². The molecule has 9 heteroatoms. The van der Waals surface area contributed by atoms with Gasteiger partial charge in [-0.2, -0.15) is 0 Å². The number of anilines is 2. The standard InChI is InChI=1S/C15H22N6O3/c1-20(9-11-10-22-7-8-23-11)14-15(21-5-3-2-4-6-21)17-13-12(16-14)18-24-19-13/h11H,2-10H2,1H3/t11-/m0/s1. The van der Waals surface area contributed by atoms with E-state index in [0.29, 0.717) is 37.7 Å². The highest BCUT2D eigenvalue weighted by molar-refractivity contribution is 5.74. The van der Waals surface area contributed by atoms with Crippen molar-refractivity contribution in [2.45, 2.75) is 25.4 Å². The summed E-state index contributed by atoms with van der Waals surface area (Å²) in [6, 6.07) is 0. The Labute approximate surface area is 139 Å². The van der Waals surface area contributed by atoms with Gasteiger partial charge in [0.1, 0.15) is 0 Å². The first kappa shape index (κ1) is 15.5. The van der Waals surface area contributed by atoms with E-state index in [-0.39, 0.29) is 6.10 Å². The highest BCUT2D eigenvalue weighted by Crippen LogP contribution is 2.29. The predicted octanol–water partition coefficient (Wildman–Crippen LogP) is 0.855. The lowest BCUT2D eigenvalue weighted by molar-refractivity contribution is -0.0837. The van der Waals surface area contributed by atoms with E-state index in [1.54, 1.807) is 0 Å².